The van der Waals surface area contributed by atoms with Gasteiger partial charge in [-0.1, -0.05) is 29.9 Å². The molecule has 1 aliphatic rings. The topological polar surface area (TPSA) is 76.1 Å². The fourth-order valence-electron chi connectivity index (χ4n) is 2.60. The Morgan fingerprint density at radius 3 is 3.04 bits per heavy atom. The number of hydrogen-bond donors (Lipinski definition) is 2. The molecule has 1 saturated heterocycles. The maximum Gasteiger partial charge on any atom is 0.243 e. The smallest absolute Gasteiger partial charge is 0.243 e. The summed E-state index contributed by atoms with van der Waals surface area (Å²) in [6, 6.07) is 7.74. The normalized spacial score (nSPS) is 17.0. The van der Waals surface area contributed by atoms with Crippen molar-refractivity contribution < 1.29 is 9.53 Å². The van der Waals surface area contributed by atoms with Crippen LogP contribution in [0.2, 0.25) is 0 Å². The summed E-state index contributed by atoms with van der Waals surface area (Å²) in [5, 5.41) is 15.7. The van der Waals surface area contributed by atoms with E-state index in [1.165, 1.54) is 11.3 Å². The average Bonchev–Trinajstić information content (AvgIpc) is 3.02. The minimum atomic E-state index is -0.116. The van der Waals surface area contributed by atoms with Crippen LogP contribution in [0.15, 0.2) is 24.3 Å². The van der Waals surface area contributed by atoms with Crippen LogP contribution < -0.4 is 15.4 Å². The van der Waals surface area contributed by atoms with E-state index in [2.05, 4.69) is 20.8 Å². The summed E-state index contributed by atoms with van der Waals surface area (Å²) in [6.45, 7) is 0.898. The summed E-state index contributed by atoms with van der Waals surface area (Å²) in [7, 11) is 1.65. The fourth-order valence-corrected chi connectivity index (χ4v) is 3.38. The highest BCUT2D eigenvalue weighted by atomic mass is 35.5. The van der Waals surface area contributed by atoms with Gasteiger partial charge in [-0.15, -0.1) is 22.6 Å². The first-order valence-electron chi connectivity index (χ1n) is 7.74. The van der Waals surface area contributed by atoms with Gasteiger partial charge < -0.3 is 10.1 Å². The van der Waals surface area contributed by atoms with Crippen molar-refractivity contribution in [2.24, 2.45) is 0 Å². The van der Waals surface area contributed by atoms with E-state index in [0.29, 0.717) is 11.6 Å². The highest BCUT2D eigenvalue weighted by molar-refractivity contribution is 7.15. The van der Waals surface area contributed by atoms with Crippen molar-refractivity contribution in [3.63, 3.8) is 0 Å². The van der Waals surface area contributed by atoms with Gasteiger partial charge in [0, 0.05) is 6.42 Å². The molecule has 0 radical (unpaired) electrons. The maximum absolute atomic E-state index is 12.2. The number of ether oxygens (including phenoxy) is 1. The van der Waals surface area contributed by atoms with Crippen LogP contribution in [0.3, 0.4) is 0 Å². The lowest BCUT2D eigenvalue weighted by atomic mass is 10.0. The number of benzene rings is 1. The van der Waals surface area contributed by atoms with E-state index in [1.807, 2.05) is 24.3 Å². The highest BCUT2D eigenvalue weighted by Crippen LogP contribution is 2.21. The molecular weight excluding hydrogens is 348 g/mol. The maximum atomic E-state index is 12.2. The number of methoxy groups -OCH3 is 1. The molecule has 0 spiro atoms. The number of amides is 1. The van der Waals surface area contributed by atoms with E-state index in [1.54, 1.807) is 7.11 Å². The molecule has 2 aromatic rings. The van der Waals surface area contributed by atoms with Gasteiger partial charge >= 0.3 is 0 Å². The third kappa shape index (κ3) is 4.90. The van der Waals surface area contributed by atoms with Crippen LogP contribution in [0.4, 0.5) is 5.13 Å². The van der Waals surface area contributed by atoms with Gasteiger partial charge in [-0.3, -0.25) is 10.1 Å². The average molecular weight is 369 g/mol. The second-order valence-corrected chi connectivity index (χ2v) is 6.58. The molecule has 2 heterocycles. The third-order valence-corrected chi connectivity index (χ3v) is 4.65. The minimum Gasteiger partial charge on any atom is -0.497 e. The number of rotatable bonds is 5. The van der Waals surface area contributed by atoms with Crippen LogP contribution in [0.5, 0.6) is 5.75 Å². The Morgan fingerprint density at radius 2 is 2.29 bits per heavy atom. The van der Waals surface area contributed by atoms with Crippen molar-refractivity contribution in [3.05, 3.63) is 34.8 Å². The van der Waals surface area contributed by atoms with Crippen LogP contribution in [0.1, 0.15) is 29.8 Å². The molecule has 1 atom stereocenters. The molecular formula is C16H21ClN4O2S. The lowest BCUT2D eigenvalue weighted by Crippen LogP contribution is -2.43. The first-order valence-corrected chi connectivity index (χ1v) is 8.56. The predicted molar refractivity (Wildman–Crippen MR) is 97.2 cm³/mol. The lowest BCUT2D eigenvalue weighted by Gasteiger charge is -2.21. The Bertz CT molecular complexity index is 674. The summed E-state index contributed by atoms with van der Waals surface area (Å²) in [5.41, 5.74) is 1.10. The van der Waals surface area contributed by atoms with E-state index in [4.69, 9.17) is 4.74 Å². The Kier molecular flexibility index (Phi) is 6.96. The number of carbonyl (C=O) groups excluding carboxylic acids is 1. The number of piperidine rings is 1. The predicted octanol–water partition coefficient (Wildman–Crippen LogP) is 2.64. The number of halogens is 1. The van der Waals surface area contributed by atoms with Crippen LogP contribution in [-0.4, -0.2) is 35.8 Å². The minimum absolute atomic E-state index is 0. The van der Waals surface area contributed by atoms with Crippen molar-refractivity contribution in [1.29, 1.82) is 0 Å². The summed E-state index contributed by atoms with van der Waals surface area (Å²) >= 11 is 1.41. The Hall–Kier alpha value is -1.70. The zero-order valence-electron chi connectivity index (χ0n) is 13.4. The number of nitrogens with zero attached hydrogens (tertiary/aromatic N) is 2. The van der Waals surface area contributed by atoms with E-state index >= 15 is 0 Å². The van der Waals surface area contributed by atoms with Crippen molar-refractivity contribution in [2.75, 3.05) is 19.0 Å². The molecule has 8 heteroatoms. The van der Waals surface area contributed by atoms with Gasteiger partial charge in [-0.2, -0.15) is 0 Å². The van der Waals surface area contributed by atoms with Gasteiger partial charge in [0.1, 0.15) is 10.8 Å². The standard InChI is InChI=1S/C16H20N4O2S.ClH/c1-22-12-6-4-5-11(9-12)10-14-19-20-16(23-14)18-15(21)13-7-2-3-8-17-13;/h4-6,9,13,17H,2-3,7-8,10H2,1H3,(H,18,20,21);1H. The van der Waals surface area contributed by atoms with E-state index < -0.39 is 0 Å². The molecule has 0 bridgehead atoms. The molecule has 2 N–H and O–H groups in total. The summed E-state index contributed by atoms with van der Waals surface area (Å²) < 4.78 is 5.22. The molecule has 130 valence electrons. The molecule has 0 saturated carbocycles. The summed E-state index contributed by atoms with van der Waals surface area (Å²) in [5.74, 6) is 0.803. The Labute approximate surface area is 151 Å². The molecule has 6 nitrogen and oxygen atoms in total. The molecule has 1 aromatic carbocycles. The molecule has 1 amide bonds. The molecule has 1 aliphatic heterocycles. The van der Waals surface area contributed by atoms with Gasteiger partial charge in [-0.05, 0) is 37.1 Å². The zero-order valence-corrected chi connectivity index (χ0v) is 15.1. The molecule has 24 heavy (non-hydrogen) atoms. The van der Waals surface area contributed by atoms with Gasteiger partial charge in [-0.25, -0.2) is 0 Å². The van der Waals surface area contributed by atoms with Crippen molar-refractivity contribution in [3.8, 4) is 5.75 Å². The first kappa shape index (κ1) is 18.6. The number of nitrogens with one attached hydrogen (secondary N) is 2. The van der Waals surface area contributed by atoms with Crippen molar-refractivity contribution in [2.45, 2.75) is 31.7 Å². The highest BCUT2D eigenvalue weighted by Gasteiger charge is 2.21. The second-order valence-electron chi connectivity index (χ2n) is 5.52. The van der Waals surface area contributed by atoms with Crippen LogP contribution in [-0.2, 0) is 11.2 Å². The number of carbonyl (C=O) groups is 1. The molecule has 1 aromatic heterocycles. The van der Waals surface area contributed by atoms with E-state index in [9.17, 15) is 4.79 Å². The van der Waals surface area contributed by atoms with Gasteiger partial charge in [0.25, 0.3) is 0 Å². The fraction of sp³-hybridized carbons (Fsp3) is 0.438. The van der Waals surface area contributed by atoms with Gasteiger partial charge in [0.15, 0.2) is 0 Å². The Morgan fingerprint density at radius 1 is 1.42 bits per heavy atom. The van der Waals surface area contributed by atoms with Crippen LogP contribution in [0, 0.1) is 0 Å². The second kappa shape index (κ2) is 8.96. The van der Waals surface area contributed by atoms with Crippen molar-refractivity contribution >= 4 is 34.8 Å². The quantitative estimate of drug-likeness (QED) is 0.848. The lowest BCUT2D eigenvalue weighted by molar-refractivity contribution is -0.118. The van der Waals surface area contributed by atoms with E-state index in [-0.39, 0.29) is 24.4 Å². The molecule has 3 rings (SSSR count). The largest absolute Gasteiger partial charge is 0.497 e. The first-order chi connectivity index (χ1) is 11.2. The Balaban J connectivity index is 0.00000208. The SMILES string of the molecule is COc1cccc(Cc2nnc(NC(=O)C3CCCCN3)s2)c1.Cl. The number of hydrogen-bond acceptors (Lipinski definition) is 6. The summed E-state index contributed by atoms with van der Waals surface area (Å²) in [6.07, 6.45) is 3.77. The van der Waals surface area contributed by atoms with Crippen LogP contribution in [0.25, 0.3) is 0 Å². The monoisotopic (exact) mass is 368 g/mol. The number of aromatic nitrogens is 2. The van der Waals surface area contributed by atoms with E-state index in [0.717, 1.165) is 42.1 Å². The summed E-state index contributed by atoms with van der Waals surface area (Å²) in [4.78, 5) is 12.2. The molecule has 1 unspecified atom stereocenters. The zero-order chi connectivity index (χ0) is 16.1. The van der Waals surface area contributed by atoms with Crippen molar-refractivity contribution in [1.82, 2.24) is 15.5 Å². The van der Waals surface area contributed by atoms with Crippen LogP contribution >= 0.6 is 23.7 Å². The number of anilines is 1. The van der Waals surface area contributed by atoms with Gasteiger partial charge in [0.2, 0.25) is 11.0 Å². The van der Waals surface area contributed by atoms with Gasteiger partial charge in [0.05, 0.1) is 13.2 Å². The molecule has 0 aliphatic carbocycles. The molecule has 1 fully saturated rings. The third-order valence-electron chi connectivity index (χ3n) is 3.81.